The summed E-state index contributed by atoms with van der Waals surface area (Å²) in [5.74, 6) is 0. The van der Waals surface area contributed by atoms with Crippen LogP contribution in [0.1, 0.15) is 13.3 Å². The number of hydrogen-bond acceptors (Lipinski definition) is 2. The number of ether oxygens (including phenoxy) is 1. The van der Waals surface area contributed by atoms with E-state index in [1.54, 1.807) is 0 Å². The lowest BCUT2D eigenvalue weighted by molar-refractivity contribution is -0.870. The summed E-state index contributed by atoms with van der Waals surface area (Å²) in [7, 11) is 6.37. The smallest absolute Gasteiger partial charge is 0.102 e. The van der Waals surface area contributed by atoms with Gasteiger partial charge < -0.3 is 14.3 Å². The molecule has 0 aliphatic rings. The zero-order valence-corrected chi connectivity index (χ0v) is 8.71. The van der Waals surface area contributed by atoms with Crippen molar-refractivity contribution in [2.75, 3.05) is 40.9 Å². The van der Waals surface area contributed by atoms with Crippen molar-refractivity contribution in [2.24, 2.45) is 0 Å². The van der Waals surface area contributed by atoms with Crippen molar-refractivity contribution in [1.29, 1.82) is 0 Å². The first-order valence-corrected chi connectivity index (χ1v) is 4.52. The first-order chi connectivity index (χ1) is 5.45. The van der Waals surface area contributed by atoms with Gasteiger partial charge in [0.05, 0.1) is 40.5 Å². The minimum absolute atomic E-state index is 0.294. The lowest BCUT2D eigenvalue weighted by atomic mass is 10.3. The van der Waals surface area contributed by atoms with Gasteiger partial charge in [-0.05, 0) is 6.42 Å². The van der Waals surface area contributed by atoms with Crippen LogP contribution in [0.5, 0.6) is 0 Å². The van der Waals surface area contributed by atoms with Crippen LogP contribution in [0.2, 0.25) is 0 Å². The summed E-state index contributed by atoms with van der Waals surface area (Å²) < 4.78 is 6.20. The fraction of sp³-hybridized carbons (Fsp3) is 1.00. The maximum absolute atomic E-state index is 9.16. The van der Waals surface area contributed by atoms with Gasteiger partial charge in [0, 0.05) is 0 Å². The summed E-state index contributed by atoms with van der Waals surface area (Å²) in [4.78, 5) is 0. The first kappa shape index (κ1) is 11.9. The van der Waals surface area contributed by atoms with E-state index in [2.05, 4.69) is 21.1 Å². The number of likely N-dealkylation sites (N-methyl/N-ethyl adjacent to an activating group) is 1. The molecule has 0 bridgehead atoms. The quantitative estimate of drug-likeness (QED) is 0.471. The number of aliphatic hydroxyl groups excluding tert-OH is 1. The van der Waals surface area contributed by atoms with Crippen molar-refractivity contribution in [1.82, 2.24) is 0 Å². The lowest BCUT2D eigenvalue weighted by Gasteiger charge is -2.23. The van der Waals surface area contributed by atoms with Crippen molar-refractivity contribution in [3.63, 3.8) is 0 Å². The van der Waals surface area contributed by atoms with Crippen LogP contribution in [0.3, 0.4) is 0 Å². The third-order valence-corrected chi connectivity index (χ3v) is 1.69. The van der Waals surface area contributed by atoms with E-state index in [0.717, 1.165) is 24.1 Å². The highest BCUT2D eigenvalue weighted by Gasteiger charge is 2.06. The van der Waals surface area contributed by atoms with Gasteiger partial charge in [0.2, 0.25) is 0 Å². The van der Waals surface area contributed by atoms with Crippen molar-refractivity contribution in [3.8, 4) is 0 Å². The number of quaternary nitrogens is 1. The third kappa shape index (κ3) is 7.98. The van der Waals surface area contributed by atoms with Crippen LogP contribution in [0, 0.1) is 0 Å². The zero-order chi connectivity index (χ0) is 9.61. The lowest BCUT2D eigenvalue weighted by Crippen LogP contribution is -2.38. The molecule has 0 radical (unpaired) electrons. The van der Waals surface area contributed by atoms with Crippen molar-refractivity contribution < 1.29 is 14.3 Å². The van der Waals surface area contributed by atoms with Gasteiger partial charge in [0.1, 0.15) is 6.54 Å². The molecular formula is C9H22NO2+. The topological polar surface area (TPSA) is 29.5 Å². The first-order valence-electron chi connectivity index (χ1n) is 4.52. The molecule has 0 amide bonds. The molecule has 0 aromatic rings. The standard InChI is InChI=1S/C9H22NO2/c1-5-9(11)8-12-7-6-10(2,3)4/h9,11H,5-8H2,1-4H3/q+1. The van der Waals surface area contributed by atoms with E-state index in [1.165, 1.54) is 0 Å². The van der Waals surface area contributed by atoms with E-state index in [4.69, 9.17) is 9.84 Å². The predicted molar refractivity (Wildman–Crippen MR) is 50.0 cm³/mol. The molecule has 3 heteroatoms. The summed E-state index contributed by atoms with van der Waals surface area (Å²) in [6.07, 6.45) is 0.474. The molecule has 0 heterocycles. The predicted octanol–water partition coefficient (Wildman–Crippen LogP) is 0.480. The van der Waals surface area contributed by atoms with Crippen LogP contribution in [0.25, 0.3) is 0 Å². The maximum atomic E-state index is 9.16. The second-order valence-corrected chi connectivity index (χ2v) is 4.15. The van der Waals surface area contributed by atoms with Crippen LogP contribution >= 0.6 is 0 Å². The molecule has 0 aliphatic carbocycles. The molecule has 0 saturated carbocycles. The highest BCUT2D eigenvalue weighted by molar-refractivity contribution is 4.47. The molecule has 0 aromatic carbocycles. The van der Waals surface area contributed by atoms with Crippen molar-refractivity contribution in [2.45, 2.75) is 19.4 Å². The van der Waals surface area contributed by atoms with E-state index < -0.39 is 0 Å². The Kier molecular flexibility index (Phi) is 5.46. The maximum Gasteiger partial charge on any atom is 0.102 e. The second-order valence-electron chi connectivity index (χ2n) is 4.15. The molecule has 1 unspecified atom stereocenters. The fourth-order valence-electron chi connectivity index (χ4n) is 0.676. The summed E-state index contributed by atoms with van der Waals surface area (Å²) >= 11 is 0. The highest BCUT2D eigenvalue weighted by Crippen LogP contribution is 1.93. The van der Waals surface area contributed by atoms with E-state index in [1.807, 2.05) is 6.92 Å². The van der Waals surface area contributed by atoms with E-state index in [0.29, 0.717) is 6.61 Å². The minimum Gasteiger partial charge on any atom is -0.391 e. The van der Waals surface area contributed by atoms with E-state index in [-0.39, 0.29) is 6.10 Å². The van der Waals surface area contributed by atoms with Gasteiger partial charge in [0.25, 0.3) is 0 Å². The summed E-state index contributed by atoms with van der Waals surface area (Å²) in [6, 6.07) is 0. The normalized spacial score (nSPS) is 14.8. The molecule has 0 spiro atoms. The van der Waals surface area contributed by atoms with Crippen molar-refractivity contribution >= 4 is 0 Å². The van der Waals surface area contributed by atoms with Gasteiger partial charge in [-0.2, -0.15) is 0 Å². The molecule has 12 heavy (non-hydrogen) atoms. The largest absolute Gasteiger partial charge is 0.391 e. The fourth-order valence-corrected chi connectivity index (χ4v) is 0.676. The molecule has 74 valence electrons. The van der Waals surface area contributed by atoms with Gasteiger partial charge in [0.15, 0.2) is 0 Å². The molecule has 0 fully saturated rings. The monoisotopic (exact) mass is 176 g/mol. The van der Waals surface area contributed by atoms with Crippen LogP contribution in [0.4, 0.5) is 0 Å². The number of nitrogens with zero attached hydrogens (tertiary/aromatic N) is 1. The summed E-state index contributed by atoms with van der Waals surface area (Å²) in [5, 5.41) is 9.16. The summed E-state index contributed by atoms with van der Waals surface area (Å²) in [5.41, 5.74) is 0. The zero-order valence-electron chi connectivity index (χ0n) is 8.71. The van der Waals surface area contributed by atoms with E-state index >= 15 is 0 Å². The van der Waals surface area contributed by atoms with Gasteiger partial charge in [-0.15, -0.1) is 0 Å². The van der Waals surface area contributed by atoms with Crippen LogP contribution in [-0.2, 0) is 4.74 Å². The van der Waals surface area contributed by atoms with Gasteiger partial charge >= 0.3 is 0 Å². The minimum atomic E-state index is -0.294. The van der Waals surface area contributed by atoms with Crippen LogP contribution in [0.15, 0.2) is 0 Å². The second kappa shape index (κ2) is 5.51. The number of aliphatic hydroxyl groups is 1. The molecule has 1 atom stereocenters. The Bertz CT molecular complexity index is 110. The molecular weight excluding hydrogens is 154 g/mol. The Morgan fingerprint density at radius 1 is 1.33 bits per heavy atom. The molecule has 0 saturated heterocycles. The molecule has 0 rings (SSSR count). The summed E-state index contributed by atoms with van der Waals surface area (Å²) in [6.45, 7) is 4.13. The average Bonchev–Trinajstić information content (AvgIpc) is 1.96. The highest BCUT2D eigenvalue weighted by atomic mass is 16.5. The number of hydrogen-bond donors (Lipinski definition) is 1. The van der Waals surface area contributed by atoms with Gasteiger partial charge in [-0.3, -0.25) is 0 Å². The number of rotatable bonds is 6. The Morgan fingerprint density at radius 3 is 2.33 bits per heavy atom. The van der Waals surface area contributed by atoms with Gasteiger partial charge in [-0.25, -0.2) is 0 Å². The van der Waals surface area contributed by atoms with Crippen LogP contribution in [-0.4, -0.2) is 56.6 Å². The van der Waals surface area contributed by atoms with Crippen LogP contribution < -0.4 is 0 Å². The Hall–Kier alpha value is -0.120. The Balaban J connectivity index is 3.22. The Morgan fingerprint density at radius 2 is 1.92 bits per heavy atom. The SMILES string of the molecule is CCC(O)COCC[N+](C)(C)C. The molecule has 1 N–H and O–H groups in total. The van der Waals surface area contributed by atoms with Crippen molar-refractivity contribution in [3.05, 3.63) is 0 Å². The molecule has 0 aromatic heterocycles. The molecule has 0 aliphatic heterocycles. The Labute approximate surface area is 75.5 Å². The third-order valence-electron chi connectivity index (χ3n) is 1.69. The average molecular weight is 176 g/mol. The van der Waals surface area contributed by atoms with E-state index in [9.17, 15) is 0 Å². The molecule has 3 nitrogen and oxygen atoms in total. The van der Waals surface area contributed by atoms with Gasteiger partial charge in [-0.1, -0.05) is 6.92 Å².